The van der Waals surface area contributed by atoms with Crippen molar-refractivity contribution < 1.29 is 27.5 Å². The Labute approximate surface area is 125 Å². The molecule has 22 heavy (non-hydrogen) atoms. The first kappa shape index (κ1) is 16.6. The Morgan fingerprint density at radius 2 is 2.05 bits per heavy atom. The highest BCUT2D eigenvalue weighted by Crippen LogP contribution is 2.15. The SMILES string of the molecule is CN(Cc1cc(F)c(F)c(F)c1)C(=O)NOC1CCCCO1. The summed E-state index contributed by atoms with van der Waals surface area (Å²) in [4.78, 5) is 18.0. The number of nitrogens with zero attached hydrogens (tertiary/aromatic N) is 1. The van der Waals surface area contributed by atoms with Gasteiger partial charge in [0.2, 0.25) is 0 Å². The van der Waals surface area contributed by atoms with Crippen molar-refractivity contribution in [3.05, 3.63) is 35.1 Å². The summed E-state index contributed by atoms with van der Waals surface area (Å²) in [6.45, 7) is 0.472. The molecule has 1 unspecified atom stereocenters. The molecule has 1 N–H and O–H groups in total. The van der Waals surface area contributed by atoms with Gasteiger partial charge in [0.25, 0.3) is 0 Å². The molecule has 1 aliphatic rings. The number of benzene rings is 1. The third-order valence-corrected chi connectivity index (χ3v) is 3.23. The van der Waals surface area contributed by atoms with Gasteiger partial charge in [0.15, 0.2) is 23.7 Å². The summed E-state index contributed by atoms with van der Waals surface area (Å²) >= 11 is 0. The molecule has 1 heterocycles. The van der Waals surface area contributed by atoms with Crippen LogP contribution in [0.4, 0.5) is 18.0 Å². The maximum atomic E-state index is 13.1. The average molecular weight is 318 g/mol. The molecule has 0 bridgehead atoms. The van der Waals surface area contributed by atoms with Crippen molar-refractivity contribution in [3.8, 4) is 0 Å². The molecular formula is C14H17F3N2O3. The lowest BCUT2D eigenvalue weighted by molar-refractivity contribution is -0.187. The lowest BCUT2D eigenvalue weighted by atomic mass is 10.2. The summed E-state index contributed by atoms with van der Waals surface area (Å²) in [6, 6.07) is 1.08. The molecule has 0 spiro atoms. The summed E-state index contributed by atoms with van der Waals surface area (Å²) in [5, 5.41) is 0. The van der Waals surface area contributed by atoms with Gasteiger partial charge >= 0.3 is 6.03 Å². The predicted octanol–water partition coefficient (Wildman–Crippen LogP) is 2.70. The van der Waals surface area contributed by atoms with Crippen LogP contribution in [-0.2, 0) is 16.1 Å². The van der Waals surface area contributed by atoms with Crippen LogP contribution in [0.3, 0.4) is 0 Å². The van der Waals surface area contributed by atoms with E-state index >= 15 is 0 Å². The Bertz CT molecular complexity index is 513. The second kappa shape index (κ2) is 7.46. The Balaban J connectivity index is 1.85. The fourth-order valence-corrected chi connectivity index (χ4v) is 2.04. The van der Waals surface area contributed by atoms with Gasteiger partial charge in [-0.05, 0) is 30.5 Å². The Morgan fingerprint density at radius 1 is 1.36 bits per heavy atom. The number of hydrogen-bond acceptors (Lipinski definition) is 3. The van der Waals surface area contributed by atoms with E-state index in [4.69, 9.17) is 9.57 Å². The van der Waals surface area contributed by atoms with Crippen LogP contribution in [0.1, 0.15) is 24.8 Å². The van der Waals surface area contributed by atoms with E-state index < -0.39 is 29.8 Å². The van der Waals surface area contributed by atoms with Crippen molar-refractivity contribution >= 4 is 6.03 Å². The molecule has 1 saturated heterocycles. The van der Waals surface area contributed by atoms with Gasteiger partial charge in [-0.1, -0.05) is 0 Å². The van der Waals surface area contributed by atoms with Crippen molar-refractivity contribution in [1.29, 1.82) is 0 Å². The molecule has 0 aliphatic carbocycles. The fraction of sp³-hybridized carbons (Fsp3) is 0.500. The number of carbonyl (C=O) groups is 1. The monoisotopic (exact) mass is 318 g/mol. The molecule has 0 saturated carbocycles. The van der Waals surface area contributed by atoms with Crippen molar-refractivity contribution in [2.24, 2.45) is 0 Å². The number of hydroxylamine groups is 1. The van der Waals surface area contributed by atoms with E-state index in [9.17, 15) is 18.0 Å². The first-order chi connectivity index (χ1) is 10.5. The highest BCUT2D eigenvalue weighted by Gasteiger charge is 2.18. The summed E-state index contributed by atoms with van der Waals surface area (Å²) in [7, 11) is 1.42. The summed E-state index contributed by atoms with van der Waals surface area (Å²) in [5.74, 6) is -4.13. The molecule has 2 amide bonds. The maximum Gasteiger partial charge on any atom is 0.341 e. The van der Waals surface area contributed by atoms with E-state index in [1.807, 2.05) is 0 Å². The third-order valence-electron chi connectivity index (χ3n) is 3.23. The van der Waals surface area contributed by atoms with Gasteiger partial charge < -0.3 is 9.64 Å². The van der Waals surface area contributed by atoms with Crippen LogP contribution in [0.15, 0.2) is 12.1 Å². The van der Waals surface area contributed by atoms with Crippen LogP contribution in [0, 0.1) is 17.5 Å². The second-order valence-corrected chi connectivity index (χ2v) is 5.05. The molecule has 1 aliphatic heterocycles. The minimum atomic E-state index is -1.53. The lowest BCUT2D eigenvalue weighted by Gasteiger charge is -2.24. The number of rotatable bonds is 4. The number of amides is 2. The van der Waals surface area contributed by atoms with Crippen LogP contribution in [0.2, 0.25) is 0 Å². The largest absolute Gasteiger partial charge is 0.350 e. The van der Waals surface area contributed by atoms with E-state index in [1.54, 1.807) is 0 Å². The molecule has 1 atom stereocenters. The van der Waals surface area contributed by atoms with Crippen LogP contribution in [0.5, 0.6) is 0 Å². The van der Waals surface area contributed by atoms with E-state index in [1.165, 1.54) is 7.05 Å². The van der Waals surface area contributed by atoms with Gasteiger partial charge in [0.05, 0.1) is 0 Å². The molecule has 8 heteroatoms. The topological polar surface area (TPSA) is 50.8 Å². The van der Waals surface area contributed by atoms with Gasteiger partial charge in [0.1, 0.15) is 0 Å². The molecule has 0 radical (unpaired) electrons. The number of nitrogens with one attached hydrogen (secondary N) is 1. The number of hydrogen-bond donors (Lipinski definition) is 1. The molecular weight excluding hydrogens is 301 g/mol. The van der Waals surface area contributed by atoms with Crippen molar-refractivity contribution in [2.45, 2.75) is 32.1 Å². The van der Waals surface area contributed by atoms with Crippen LogP contribution in [-0.4, -0.2) is 30.9 Å². The molecule has 122 valence electrons. The zero-order valence-corrected chi connectivity index (χ0v) is 12.1. The van der Waals surface area contributed by atoms with Crippen molar-refractivity contribution in [3.63, 3.8) is 0 Å². The van der Waals surface area contributed by atoms with E-state index in [-0.39, 0.29) is 12.1 Å². The van der Waals surface area contributed by atoms with E-state index in [0.717, 1.165) is 29.9 Å². The first-order valence-electron chi connectivity index (χ1n) is 6.89. The molecule has 0 aromatic heterocycles. The Kier molecular flexibility index (Phi) is 5.62. The summed E-state index contributed by atoms with van der Waals surface area (Å²) < 4.78 is 44.3. The molecule has 1 fully saturated rings. The molecule has 1 aromatic rings. The number of halogens is 3. The third kappa shape index (κ3) is 4.35. The van der Waals surface area contributed by atoms with Gasteiger partial charge in [-0.25, -0.2) is 28.3 Å². The lowest BCUT2D eigenvalue weighted by Crippen LogP contribution is -2.40. The van der Waals surface area contributed by atoms with Gasteiger partial charge in [-0.3, -0.25) is 0 Å². The van der Waals surface area contributed by atoms with Gasteiger partial charge in [-0.15, -0.1) is 0 Å². The van der Waals surface area contributed by atoms with Crippen LogP contribution < -0.4 is 5.48 Å². The standard InChI is InChI=1S/C14H17F3N2O3/c1-19(8-9-6-10(15)13(17)11(16)7-9)14(20)18-22-12-4-2-3-5-21-12/h6-7,12H,2-5,8H2,1H3,(H,18,20). The Morgan fingerprint density at radius 3 is 2.64 bits per heavy atom. The smallest absolute Gasteiger partial charge is 0.341 e. The second-order valence-electron chi connectivity index (χ2n) is 5.05. The van der Waals surface area contributed by atoms with E-state index in [2.05, 4.69) is 5.48 Å². The number of ether oxygens (including phenoxy) is 1. The van der Waals surface area contributed by atoms with E-state index in [0.29, 0.717) is 13.0 Å². The summed E-state index contributed by atoms with van der Waals surface area (Å²) in [6.07, 6.45) is 2.09. The van der Waals surface area contributed by atoms with Gasteiger partial charge in [0, 0.05) is 26.6 Å². The quantitative estimate of drug-likeness (QED) is 0.686. The highest BCUT2D eigenvalue weighted by molar-refractivity contribution is 5.72. The van der Waals surface area contributed by atoms with Crippen LogP contribution >= 0.6 is 0 Å². The Hall–Kier alpha value is -1.80. The van der Waals surface area contributed by atoms with Crippen molar-refractivity contribution in [1.82, 2.24) is 10.4 Å². The predicted molar refractivity (Wildman–Crippen MR) is 71.0 cm³/mol. The molecule has 1 aromatic carbocycles. The summed E-state index contributed by atoms with van der Waals surface area (Å²) in [5.41, 5.74) is 2.34. The average Bonchev–Trinajstić information content (AvgIpc) is 2.51. The zero-order chi connectivity index (χ0) is 16.1. The zero-order valence-electron chi connectivity index (χ0n) is 12.1. The van der Waals surface area contributed by atoms with Crippen LogP contribution in [0.25, 0.3) is 0 Å². The number of carbonyl (C=O) groups excluding carboxylic acids is 1. The fourth-order valence-electron chi connectivity index (χ4n) is 2.04. The normalized spacial score (nSPS) is 18.1. The molecule has 5 nitrogen and oxygen atoms in total. The van der Waals surface area contributed by atoms with Gasteiger partial charge in [-0.2, -0.15) is 0 Å². The molecule has 2 rings (SSSR count). The minimum Gasteiger partial charge on any atom is -0.350 e. The maximum absolute atomic E-state index is 13.1. The number of urea groups is 1. The highest BCUT2D eigenvalue weighted by atomic mass is 19.2. The minimum absolute atomic E-state index is 0.102. The first-order valence-corrected chi connectivity index (χ1v) is 6.89. The van der Waals surface area contributed by atoms with Crippen molar-refractivity contribution in [2.75, 3.05) is 13.7 Å².